The van der Waals surface area contributed by atoms with Gasteiger partial charge in [-0.15, -0.1) is 0 Å². The topological polar surface area (TPSA) is 91.5 Å². The van der Waals surface area contributed by atoms with Crippen molar-refractivity contribution in [3.05, 3.63) is 11.9 Å². The summed E-state index contributed by atoms with van der Waals surface area (Å²) in [5.74, 6) is 6.76. The maximum Gasteiger partial charge on any atom is 0.219 e. The molecule has 0 saturated heterocycles. The molecule has 0 radical (unpaired) electrons. The normalized spacial score (nSPS) is 12.2. The first kappa shape index (κ1) is 14.6. The molecule has 0 amide bonds. The minimum atomic E-state index is -0.0964. The van der Waals surface area contributed by atoms with E-state index in [1.807, 2.05) is 13.8 Å². The Hall–Kier alpha value is -1.44. The van der Waals surface area contributed by atoms with Crippen molar-refractivity contribution in [1.82, 2.24) is 9.97 Å². The average Bonchev–Trinajstić information content (AvgIpc) is 2.36. The molecule has 0 aliphatic rings. The number of hydrogen-bond acceptors (Lipinski definition) is 7. The summed E-state index contributed by atoms with van der Waals surface area (Å²) < 4.78 is 15.9. The second-order valence-electron chi connectivity index (χ2n) is 3.67. The van der Waals surface area contributed by atoms with E-state index in [-0.39, 0.29) is 6.10 Å². The maximum absolute atomic E-state index is 5.62. The van der Waals surface area contributed by atoms with Crippen molar-refractivity contribution in [3.63, 3.8) is 0 Å². The summed E-state index contributed by atoms with van der Waals surface area (Å²) in [6.45, 7) is 5.30. The van der Waals surface area contributed by atoms with Gasteiger partial charge in [-0.3, -0.25) is 0 Å². The number of nitrogens with one attached hydrogen (secondary N) is 1. The quantitative estimate of drug-likeness (QED) is 0.523. The van der Waals surface area contributed by atoms with Crippen LogP contribution in [0.25, 0.3) is 0 Å². The Morgan fingerprint density at radius 2 is 2.22 bits per heavy atom. The van der Waals surface area contributed by atoms with Crippen molar-refractivity contribution in [2.45, 2.75) is 26.6 Å². The van der Waals surface area contributed by atoms with Gasteiger partial charge in [-0.25, -0.2) is 10.8 Å². The van der Waals surface area contributed by atoms with Gasteiger partial charge in [0.05, 0.1) is 6.61 Å². The first-order valence-corrected chi connectivity index (χ1v) is 5.77. The predicted molar refractivity (Wildman–Crippen MR) is 67.1 cm³/mol. The average molecular weight is 256 g/mol. The van der Waals surface area contributed by atoms with Crippen molar-refractivity contribution in [2.75, 3.05) is 25.7 Å². The van der Waals surface area contributed by atoms with E-state index < -0.39 is 0 Å². The van der Waals surface area contributed by atoms with Gasteiger partial charge in [-0.2, -0.15) is 4.98 Å². The van der Waals surface area contributed by atoms with Gasteiger partial charge in [0.15, 0.2) is 5.82 Å². The largest absolute Gasteiger partial charge is 0.472 e. The molecule has 1 atom stereocenters. The van der Waals surface area contributed by atoms with Gasteiger partial charge in [0.2, 0.25) is 5.88 Å². The molecular weight excluding hydrogens is 236 g/mol. The Balaban J connectivity index is 2.71. The molecule has 0 aliphatic heterocycles. The molecule has 102 valence electrons. The highest BCUT2D eigenvalue weighted by atomic mass is 16.5. The lowest BCUT2D eigenvalue weighted by atomic mass is 10.4. The summed E-state index contributed by atoms with van der Waals surface area (Å²) in [6, 6.07) is 1.63. The van der Waals surface area contributed by atoms with Crippen LogP contribution in [0.4, 0.5) is 5.82 Å². The number of anilines is 1. The lowest BCUT2D eigenvalue weighted by molar-refractivity contribution is 0.0628. The summed E-state index contributed by atoms with van der Waals surface area (Å²) in [6.07, 6.45) is -0.0964. The highest BCUT2D eigenvalue weighted by molar-refractivity contribution is 5.36. The number of nitrogen functional groups attached to an aromatic ring is 1. The van der Waals surface area contributed by atoms with Crippen LogP contribution in [0.15, 0.2) is 6.07 Å². The van der Waals surface area contributed by atoms with Gasteiger partial charge >= 0.3 is 0 Å². The zero-order valence-electron chi connectivity index (χ0n) is 11.0. The molecule has 0 aliphatic carbocycles. The standard InChI is InChI=1S/C11H20N4O3/c1-4-17-6-8(2)18-11-5-9(15-12)13-10(14-11)7-16-3/h5,8H,4,6-7,12H2,1-3H3,(H,13,14,15). The zero-order valence-corrected chi connectivity index (χ0v) is 11.0. The van der Waals surface area contributed by atoms with E-state index in [1.54, 1.807) is 13.2 Å². The first-order chi connectivity index (χ1) is 8.69. The van der Waals surface area contributed by atoms with Crippen LogP contribution in [0.1, 0.15) is 19.7 Å². The van der Waals surface area contributed by atoms with Crippen LogP contribution in [0, 0.1) is 0 Å². The number of hydrazine groups is 1. The SMILES string of the molecule is CCOCC(C)Oc1cc(NN)nc(COC)n1. The number of aromatic nitrogens is 2. The summed E-state index contributed by atoms with van der Waals surface area (Å²) in [4.78, 5) is 8.34. The van der Waals surface area contributed by atoms with Crippen LogP contribution in [-0.2, 0) is 16.1 Å². The third-order valence-electron chi connectivity index (χ3n) is 2.05. The number of hydrogen-bond donors (Lipinski definition) is 2. The molecule has 1 aromatic rings. The molecular formula is C11H20N4O3. The molecule has 1 heterocycles. The summed E-state index contributed by atoms with van der Waals surface area (Å²) in [5.41, 5.74) is 2.46. The highest BCUT2D eigenvalue weighted by Crippen LogP contribution is 2.14. The maximum atomic E-state index is 5.62. The van der Waals surface area contributed by atoms with Crippen LogP contribution in [0.3, 0.4) is 0 Å². The van der Waals surface area contributed by atoms with Crippen molar-refractivity contribution >= 4 is 5.82 Å². The van der Waals surface area contributed by atoms with Crippen LogP contribution in [0.2, 0.25) is 0 Å². The minimum Gasteiger partial charge on any atom is -0.472 e. The molecule has 0 fully saturated rings. The molecule has 7 heteroatoms. The van der Waals surface area contributed by atoms with E-state index in [1.165, 1.54) is 0 Å². The van der Waals surface area contributed by atoms with E-state index in [0.29, 0.717) is 37.3 Å². The van der Waals surface area contributed by atoms with Crippen LogP contribution >= 0.6 is 0 Å². The van der Waals surface area contributed by atoms with Crippen LogP contribution in [0.5, 0.6) is 5.88 Å². The first-order valence-electron chi connectivity index (χ1n) is 5.77. The van der Waals surface area contributed by atoms with Gasteiger partial charge in [-0.05, 0) is 13.8 Å². The molecule has 0 bridgehead atoms. The fourth-order valence-electron chi connectivity index (χ4n) is 1.32. The van der Waals surface area contributed by atoms with E-state index in [0.717, 1.165) is 0 Å². The summed E-state index contributed by atoms with van der Waals surface area (Å²) >= 11 is 0. The number of nitrogens with zero attached hydrogens (tertiary/aromatic N) is 2. The lowest BCUT2D eigenvalue weighted by Crippen LogP contribution is -2.20. The predicted octanol–water partition coefficient (Wildman–Crippen LogP) is 0.712. The second-order valence-corrected chi connectivity index (χ2v) is 3.67. The van der Waals surface area contributed by atoms with Gasteiger partial charge in [-0.1, -0.05) is 0 Å². The highest BCUT2D eigenvalue weighted by Gasteiger charge is 2.09. The molecule has 18 heavy (non-hydrogen) atoms. The number of rotatable bonds is 8. The van der Waals surface area contributed by atoms with E-state index >= 15 is 0 Å². The van der Waals surface area contributed by atoms with Gasteiger partial charge in [0, 0.05) is 19.8 Å². The monoisotopic (exact) mass is 256 g/mol. The van der Waals surface area contributed by atoms with Gasteiger partial charge < -0.3 is 19.6 Å². The molecule has 3 N–H and O–H groups in total. The van der Waals surface area contributed by atoms with E-state index in [4.69, 9.17) is 20.1 Å². The summed E-state index contributed by atoms with van der Waals surface area (Å²) in [7, 11) is 1.57. The van der Waals surface area contributed by atoms with Crippen molar-refractivity contribution in [2.24, 2.45) is 5.84 Å². The number of methoxy groups -OCH3 is 1. The van der Waals surface area contributed by atoms with Crippen molar-refractivity contribution in [1.29, 1.82) is 0 Å². The third kappa shape index (κ3) is 4.82. The van der Waals surface area contributed by atoms with E-state index in [9.17, 15) is 0 Å². The Bertz CT molecular complexity index is 362. The Morgan fingerprint density at radius 3 is 2.83 bits per heavy atom. The fraction of sp³-hybridized carbons (Fsp3) is 0.636. The molecule has 1 unspecified atom stereocenters. The van der Waals surface area contributed by atoms with Gasteiger partial charge in [0.25, 0.3) is 0 Å². The number of ether oxygens (including phenoxy) is 3. The Kier molecular flexibility index (Phi) is 6.34. The van der Waals surface area contributed by atoms with Crippen LogP contribution in [-0.4, -0.2) is 36.4 Å². The summed E-state index contributed by atoms with van der Waals surface area (Å²) in [5, 5.41) is 0. The fourth-order valence-corrected chi connectivity index (χ4v) is 1.32. The molecule has 1 rings (SSSR count). The van der Waals surface area contributed by atoms with Crippen LogP contribution < -0.4 is 16.0 Å². The van der Waals surface area contributed by atoms with Crippen molar-refractivity contribution < 1.29 is 14.2 Å². The third-order valence-corrected chi connectivity index (χ3v) is 2.05. The van der Waals surface area contributed by atoms with Crippen molar-refractivity contribution in [3.8, 4) is 5.88 Å². The molecule has 0 saturated carbocycles. The molecule has 0 aromatic carbocycles. The molecule has 1 aromatic heterocycles. The Morgan fingerprint density at radius 1 is 1.44 bits per heavy atom. The zero-order chi connectivity index (χ0) is 13.4. The van der Waals surface area contributed by atoms with E-state index in [2.05, 4.69) is 15.4 Å². The minimum absolute atomic E-state index is 0.0964. The molecule has 0 spiro atoms. The second kappa shape index (κ2) is 7.80. The number of nitrogens with two attached hydrogens (primary N) is 1. The van der Waals surface area contributed by atoms with Gasteiger partial charge in [0.1, 0.15) is 18.5 Å². The lowest BCUT2D eigenvalue weighted by Gasteiger charge is -2.14. The molecule has 7 nitrogen and oxygen atoms in total. The Labute approximate surface area is 107 Å². The smallest absolute Gasteiger partial charge is 0.219 e.